The van der Waals surface area contributed by atoms with Crippen LogP contribution in [0.1, 0.15) is 21.7 Å². The van der Waals surface area contributed by atoms with Crippen molar-refractivity contribution in [2.24, 2.45) is 0 Å². The first-order valence-corrected chi connectivity index (χ1v) is 9.31. The van der Waals surface area contributed by atoms with Gasteiger partial charge < -0.3 is 10.4 Å². The topological polar surface area (TPSA) is 75.1 Å². The Hall–Kier alpha value is -3.25. The Kier molecular flexibility index (Phi) is 4.56. The van der Waals surface area contributed by atoms with Gasteiger partial charge in [-0.15, -0.1) is 11.3 Å². The normalized spacial score (nSPS) is 10.9. The number of hydrogen-bond donors (Lipinski definition) is 2. The van der Waals surface area contributed by atoms with E-state index < -0.39 is 5.97 Å². The van der Waals surface area contributed by atoms with Crippen molar-refractivity contribution in [3.05, 3.63) is 77.6 Å². The summed E-state index contributed by atoms with van der Waals surface area (Å²) >= 11 is 1.65. The third-order valence-electron chi connectivity index (χ3n) is 4.22. The number of thiophene rings is 1. The van der Waals surface area contributed by atoms with Gasteiger partial charge in [-0.3, -0.25) is 0 Å². The van der Waals surface area contributed by atoms with Crippen LogP contribution in [-0.2, 0) is 6.54 Å². The van der Waals surface area contributed by atoms with Gasteiger partial charge in [0.05, 0.1) is 10.9 Å². The van der Waals surface area contributed by atoms with E-state index in [1.807, 2.05) is 37.3 Å². The lowest BCUT2D eigenvalue weighted by atomic mass is 10.1. The first kappa shape index (κ1) is 17.2. The van der Waals surface area contributed by atoms with E-state index in [4.69, 9.17) is 5.11 Å². The molecular formula is C21H17N3O2S. The van der Waals surface area contributed by atoms with E-state index >= 15 is 0 Å². The molecule has 2 aromatic carbocycles. The predicted molar refractivity (Wildman–Crippen MR) is 108 cm³/mol. The van der Waals surface area contributed by atoms with E-state index in [1.54, 1.807) is 23.5 Å². The molecule has 0 unspecified atom stereocenters. The minimum atomic E-state index is -0.922. The molecular weight excluding hydrogens is 358 g/mol. The number of benzene rings is 2. The van der Waals surface area contributed by atoms with Crippen LogP contribution in [0.4, 0.5) is 5.82 Å². The van der Waals surface area contributed by atoms with Gasteiger partial charge in [0.2, 0.25) is 0 Å². The molecule has 0 saturated carbocycles. The minimum absolute atomic E-state index is 0.282. The van der Waals surface area contributed by atoms with Crippen molar-refractivity contribution in [3.8, 4) is 10.4 Å². The van der Waals surface area contributed by atoms with Gasteiger partial charge in [-0.1, -0.05) is 42.5 Å². The summed E-state index contributed by atoms with van der Waals surface area (Å²) in [6.45, 7) is 2.44. The molecule has 6 heteroatoms. The summed E-state index contributed by atoms with van der Waals surface area (Å²) in [6, 6.07) is 19.2. The molecule has 2 heterocycles. The number of hydrogen-bond acceptors (Lipinski definition) is 5. The van der Waals surface area contributed by atoms with Gasteiger partial charge in [0.1, 0.15) is 16.5 Å². The molecule has 0 radical (unpaired) electrons. The minimum Gasteiger partial charge on any atom is -0.478 e. The van der Waals surface area contributed by atoms with Crippen LogP contribution in [0.15, 0.2) is 60.7 Å². The standard InChI is InChI=1S/C21H17N3O2S/c1-13-23-19(22-12-14-7-9-16(10-8-14)21(25)26)17-11-18(27-20(17)24-13)15-5-3-2-4-6-15/h2-11H,12H2,1H3,(H,25,26)(H,22,23,24). The zero-order valence-corrected chi connectivity index (χ0v) is 15.5. The summed E-state index contributed by atoms with van der Waals surface area (Å²) in [4.78, 5) is 22.2. The number of carbonyl (C=O) groups is 1. The summed E-state index contributed by atoms with van der Waals surface area (Å²) in [5.41, 5.74) is 2.43. The highest BCUT2D eigenvalue weighted by atomic mass is 32.1. The molecule has 4 rings (SSSR count). The molecule has 4 aromatic rings. The Bertz CT molecular complexity index is 1110. The van der Waals surface area contributed by atoms with Crippen LogP contribution in [-0.4, -0.2) is 21.0 Å². The maximum Gasteiger partial charge on any atom is 0.335 e. The van der Waals surface area contributed by atoms with Crippen LogP contribution in [0, 0.1) is 6.92 Å². The third kappa shape index (κ3) is 3.66. The summed E-state index contributed by atoms with van der Waals surface area (Å²) in [5.74, 6) is 0.584. The molecule has 5 nitrogen and oxygen atoms in total. The van der Waals surface area contributed by atoms with E-state index in [9.17, 15) is 4.79 Å². The Labute approximate surface area is 160 Å². The summed E-state index contributed by atoms with van der Waals surface area (Å²) in [7, 11) is 0. The van der Waals surface area contributed by atoms with Crippen LogP contribution < -0.4 is 5.32 Å². The quantitative estimate of drug-likeness (QED) is 0.515. The SMILES string of the molecule is Cc1nc(NCc2ccc(C(=O)O)cc2)c2cc(-c3ccccc3)sc2n1. The molecule has 0 saturated heterocycles. The predicted octanol–water partition coefficient (Wildman–Crippen LogP) is 4.98. The number of aromatic nitrogens is 2. The summed E-state index contributed by atoms with van der Waals surface area (Å²) in [6.07, 6.45) is 0. The van der Waals surface area contributed by atoms with Crippen LogP contribution in [0.5, 0.6) is 0 Å². The molecule has 27 heavy (non-hydrogen) atoms. The van der Waals surface area contributed by atoms with Crippen molar-refractivity contribution in [2.45, 2.75) is 13.5 Å². The van der Waals surface area contributed by atoms with Gasteiger partial charge in [-0.25, -0.2) is 14.8 Å². The Balaban J connectivity index is 1.63. The molecule has 0 fully saturated rings. The average Bonchev–Trinajstić information content (AvgIpc) is 3.11. The Morgan fingerprint density at radius 1 is 1.07 bits per heavy atom. The van der Waals surface area contributed by atoms with Gasteiger partial charge in [0.15, 0.2) is 0 Å². The van der Waals surface area contributed by atoms with Gasteiger partial charge in [-0.05, 0) is 36.2 Å². The molecule has 2 aromatic heterocycles. The smallest absolute Gasteiger partial charge is 0.335 e. The highest BCUT2D eigenvalue weighted by Crippen LogP contribution is 2.35. The van der Waals surface area contributed by atoms with Crippen molar-refractivity contribution in [3.63, 3.8) is 0 Å². The lowest BCUT2D eigenvalue weighted by Gasteiger charge is -2.08. The maximum atomic E-state index is 11.0. The zero-order chi connectivity index (χ0) is 18.8. The molecule has 0 aliphatic carbocycles. The number of nitrogens with zero attached hydrogens (tertiary/aromatic N) is 2. The number of anilines is 1. The number of aryl methyl sites for hydroxylation is 1. The molecule has 0 bridgehead atoms. The highest BCUT2D eigenvalue weighted by Gasteiger charge is 2.11. The lowest BCUT2D eigenvalue weighted by Crippen LogP contribution is -2.04. The largest absolute Gasteiger partial charge is 0.478 e. The van der Waals surface area contributed by atoms with Gasteiger partial charge in [0.25, 0.3) is 0 Å². The fraction of sp³-hybridized carbons (Fsp3) is 0.0952. The molecule has 0 spiro atoms. The van der Waals surface area contributed by atoms with E-state index in [1.165, 1.54) is 0 Å². The first-order valence-electron chi connectivity index (χ1n) is 8.50. The van der Waals surface area contributed by atoms with E-state index in [2.05, 4.69) is 33.5 Å². The van der Waals surface area contributed by atoms with Crippen LogP contribution in [0.3, 0.4) is 0 Å². The van der Waals surface area contributed by atoms with E-state index in [0.717, 1.165) is 32.0 Å². The molecule has 2 N–H and O–H groups in total. The summed E-state index contributed by atoms with van der Waals surface area (Å²) in [5, 5.41) is 13.4. The maximum absolute atomic E-state index is 11.0. The molecule has 0 aliphatic rings. The second-order valence-corrected chi connectivity index (χ2v) is 7.20. The Morgan fingerprint density at radius 3 is 2.52 bits per heavy atom. The number of carboxylic acid groups (broad SMARTS) is 1. The lowest BCUT2D eigenvalue weighted by molar-refractivity contribution is 0.0697. The number of carboxylic acids is 1. The second-order valence-electron chi connectivity index (χ2n) is 6.17. The van der Waals surface area contributed by atoms with Crippen molar-refractivity contribution < 1.29 is 9.90 Å². The Morgan fingerprint density at radius 2 is 1.81 bits per heavy atom. The zero-order valence-electron chi connectivity index (χ0n) is 14.6. The fourth-order valence-electron chi connectivity index (χ4n) is 2.86. The molecule has 0 amide bonds. The first-order chi connectivity index (χ1) is 13.1. The number of rotatable bonds is 5. The number of aromatic carboxylic acids is 1. The van der Waals surface area contributed by atoms with Crippen molar-refractivity contribution in [2.75, 3.05) is 5.32 Å². The van der Waals surface area contributed by atoms with Gasteiger partial charge >= 0.3 is 5.97 Å². The average molecular weight is 375 g/mol. The molecule has 134 valence electrons. The van der Waals surface area contributed by atoms with Gasteiger partial charge in [-0.2, -0.15) is 0 Å². The second kappa shape index (κ2) is 7.17. The van der Waals surface area contributed by atoms with Crippen LogP contribution >= 0.6 is 11.3 Å². The van der Waals surface area contributed by atoms with E-state index in [0.29, 0.717) is 12.4 Å². The van der Waals surface area contributed by atoms with E-state index in [-0.39, 0.29) is 5.56 Å². The number of nitrogens with one attached hydrogen (secondary N) is 1. The highest BCUT2D eigenvalue weighted by molar-refractivity contribution is 7.21. The number of fused-ring (bicyclic) bond motifs is 1. The molecule has 0 aliphatic heterocycles. The van der Waals surface area contributed by atoms with Gasteiger partial charge in [0, 0.05) is 11.4 Å². The fourth-order valence-corrected chi connectivity index (χ4v) is 3.94. The molecule has 0 atom stereocenters. The summed E-state index contributed by atoms with van der Waals surface area (Å²) < 4.78 is 0. The van der Waals surface area contributed by atoms with Crippen LogP contribution in [0.25, 0.3) is 20.7 Å². The van der Waals surface area contributed by atoms with Crippen LogP contribution in [0.2, 0.25) is 0 Å². The van der Waals surface area contributed by atoms with Crippen molar-refractivity contribution >= 4 is 33.3 Å². The third-order valence-corrected chi connectivity index (χ3v) is 5.30. The van der Waals surface area contributed by atoms with Crippen molar-refractivity contribution in [1.29, 1.82) is 0 Å². The monoisotopic (exact) mass is 375 g/mol. The van der Waals surface area contributed by atoms with Crippen molar-refractivity contribution in [1.82, 2.24) is 9.97 Å².